The van der Waals surface area contributed by atoms with Gasteiger partial charge in [-0.15, -0.1) is 0 Å². The molecule has 2 aliphatic rings. The summed E-state index contributed by atoms with van der Waals surface area (Å²) in [6.45, 7) is 6.45. The molecule has 188 valence electrons. The van der Waals surface area contributed by atoms with Gasteiger partial charge in [0.05, 0.1) is 17.7 Å². The molecule has 3 aromatic rings. The van der Waals surface area contributed by atoms with E-state index in [-0.39, 0.29) is 28.2 Å². The maximum Gasteiger partial charge on any atom is 0.272 e. The average molecular weight is 510 g/mol. The van der Waals surface area contributed by atoms with Gasteiger partial charge in [-0.3, -0.25) is 9.59 Å². The van der Waals surface area contributed by atoms with E-state index < -0.39 is 10.0 Å². The minimum Gasteiger partial charge on any atom is -0.493 e. The Kier molecular flexibility index (Phi) is 5.92. The van der Waals surface area contributed by atoms with Crippen LogP contribution >= 0.6 is 0 Å². The number of fused-ring (bicyclic) bond motifs is 2. The van der Waals surface area contributed by atoms with Crippen LogP contribution in [-0.2, 0) is 10.0 Å². The number of aromatic nitrogens is 2. The molecule has 0 saturated carbocycles. The Morgan fingerprint density at radius 1 is 1.11 bits per heavy atom. The quantitative estimate of drug-likeness (QED) is 0.555. The van der Waals surface area contributed by atoms with E-state index in [4.69, 9.17) is 9.88 Å². The lowest BCUT2D eigenvalue weighted by Crippen LogP contribution is -2.38. The molecule has 2 N–H and O–H groups in total. The van der Waals surface area contributed by atoms with Gasteiger partial charge in [-0.05, 0) is 31.2 Å². The summed E-state index contributed by atoms with van der Waals surface area (Å²) in [6, 6.07) is 11.9. The monoisotopic (exact) mass is 509 g/mol. The van der Waals surface area contributed by atoms with Crippen molar-refractivity contribution in [2.45, 2.75) is 18.9 Å². The van der Waals surface area contributed by atoms with Crippen molar-refractivity contribution in [3.63, 3.8) is 0 Å². The van der Waals surface area contributed by atoms with Crippen molar-refractivity contribution in [3.05, 3.63) is 59.9 Å². The van der Waals surface area contributed by atoms with Crippen LogP contribution in [0.5, 0.6) is 5.75 Å². The predicted molar refractivity (Wildman–Crippen MR) is 132 cm³/mol. The fourth-order valence-electron chi connectivity index (χ4n) is 5.20. The molecule has 2 aromatic heterocycles. The van der Waals surface area contributed by atoms with Gasteiger partial charge < -0.3 is 14.5 Å². The highest BCUT2D eigenvalue weighted by Gasteiger charge is 2.51. The maximum absolute atomic E-state index is 13.4. The zero-order valence-electron chi connectivity index (χ0n) is 20.0. The number of sulfonamides is 1. The fourth-order valence-corrected chi connectivity index (χ4v) is 5.65. The lowest BCUT2D eigenvalue weighted by atomic mass is 9.83. The van der Waals surface area contributed by atoms with E-state index in [1.165, 1.54) is 18.3 Å². The van der Waals surface area contributed by atoms with Gasteiger partial charge in [-0.25, -0.2) is 23.5 Å². The van der Waals surface area contributed by atoms with Gasteiger partial charge in [-0.2, -0.15) is 0 Å². The molecular formula is C25H27N5O5S. The molecule has 2 atom stereocenters. The third kappa shape index (κ3) is 4.28. The highest BCUT2D eigenvalue weighted by atomic mass is 32.2. The van der Waals surface area contributed by atoms with Crippen LogP contribution in [0.15, 0.2) is 53.7 Å². The lowest BCUT2D eigenvalue weighted by Gasteiger charge is -2.25. The summed E-state index contributed by atoms with van der Waals surface area (Å²) in [5.41, 5.74) is 1.08. The Morgan fingerprint density at radius 3 is 2.42 bits per heavy atom. The number of nitrogens with zero attached hydrogens (tertiary/aromatic N) is 4. The first-order valence-corrected chi connectivity index (χ1v) is 13.2. The molecule has 2 amide bonds. The third-order valence-electron chi connectivity index (χ3n) is 7.02. The fraction of sp³-hybridized carbons (Fsp3) is 0.360. The van der Waals surface area contributed by atoms with Gasteiger partial charge in [0.15, 0.2) is 5.03 Å². The number of likely N-dealkylation sites (tertiary alicyclic amines) is 2. The second kappa shape index (κ2) is 8.82. The van der Waals surface area contributed by atoms with E-state index in [1.54, 1.807) is 11.0 Å². The van der Waals surface area contributed by atoms with E-state index in [1.807, 2.05) is 36.1 Å². The van der Waals surface area contributed by atoms with E-state index in [0.29, 0.717) is 55.3 Å². The molecule has 0 spiro atoms. The van der Waals surface area contributed by atoms with Crippen LogP contribution in [0.1, 0.15) is 34.7 Å². The summed E-state index contributed by atoms with van der Waals surface area (Å²) in [5.74, 6) is 0.359. The first-order chi connectivity index (χ1) is 17.1. The molecule has 0 unspecified atom stereocenters. The molecule has 36 heavy (non-hydrogen) atoms. The molecular weight excluding hydrogens is 482 g/mol. The normalized spacial score (nSPS) is 21.6. The predicted octanol–water partition coefficient (Wildman–Crippen LogP) is 1.91. The number of rotatable bonds is 5. The zero-order valence-corrected chi connectivity index (χ0v) is 20.9. The van der Waals surface area contributed by atoms with Crippen LogP contribution in [0.3, 0.4) is 0 Å². The van der Waals surface area contributed by atoms with Crippen LogP contribution in [0.4, 0.5) is 0 Å². The molecule has 1 aromatic carbocycles. The molecule has 10 nitrogen and oxygen atoms in total. The standard InChI is InChI=1S/C25H27N5O5S/c1-3-35-21-10-20(28-19-7-5-4-6-18(19)21)24(32)30-13-17-12-29(14-25(17,2)15-30)23(31)16-8-9-22(27-11-16)36(26,33)34/h4-11,17H,3,12-15H2,1-2H3,(H2,26,33,34)/t17-,25-/m0/s1. The van der Waals surface area contributed by atoms with Gasteiger partial charge in [0, 0.05) is 55.2 Å². The summed E-state index contributed by atoms with van der Waals surface area (Å²) < 4.78 is 28.6. The minimum atomic E-state index is -3.93. The number of pyridine rings is 2. The molecule has 2 aliphatic heterocycles. The van der Waals surface area contributed by atoms with Crippen molar-refractivity contribution < 1.29 is 22.7 Å². The van der Waals surface area contributed by atoms with Gasteiger partial charge >= 0.3 is 0 Å². The van der Waals surface area contributed by atoms with E-state index in [0.717, 1.165) is 5.39 Å². The van der Waals surface area contributed by atoms with Crippen molar-refractivity contribution in [2.24, 2.45) is 16.5 Å². The topological polar surface area (TPSA) is 136 Å². The van der Waals surface area contributed by atoms with Crippen molar-refractivity contribution in [3.8, 4) is 5.75 Å². The van der Waals surface area contributed by atoms with Crippen molar-refractivity contribution >= 4 is 32.7 Å². The number of carbonyl (C=O) groups is 2. The van der Waals surface area contributed by atoms with Crippen molar-refractivity contribution in [2.75, 3.05) is 32.8 Å². The third-order valence-corrected chi connectivity index (χ3v) is 7.84. The molecule has 11 heteroatoms. The number of carbonyl (C=O) groups excluding carboxylic acids is 2. The van der Waals surface area contributed by atoms with Gasteiger partial charge in [0.25, 0.3) is 21.8 Å². The molecule has 2 fully saturated rings. The van der Waals surface area contributed by atoms with Crippen LogP contribution < -0.4 is 9.88 Å². The second-order valence-corrected chi connectivity index (χ2v) is 11.1. The van der Waals surface area contributed by atoms with Gasteiger partial charge in [-0.1, -0.05) is 19.1 Å². The van der Waals surface area contributed by atoms with Crippen LogP contribution in [-0.4, -0.2) is 72.8 Å². The summed E-state index contributed by atoms with van der Waals surface area (Å²) in [5, 5.41) is 5.66. The van der Waals surface area contributed by atoms with Gasteiger partial charge in [0.1, 0.15) is 11.4 Å². The van der Waals surface area contributed by atoms with Crippen molar-refractivity contribution in [1.82, 2.24) is 19.8 Å². The largest absolute Gasteiger partial charge is 0.493 e. The van der Waals surface area contributed by atoms with Crippen LogP contribution in [0.2, 0.25) is 0 Å². The van der Waals surface area contributed by atoms with Gasteiger partial charge in [0.2, 0.25) is 0 Å². The Balaban J connectivity index is 1.31. The summed E-state index contributed by atoms with van der Waals surface area (Å²) in [7, 11) is -3.93. The Bertz CT molecular complexity index is 1460. The molecule has 0 bridgehead atoms. The Morgan fingerprint density at radius 2 is 1.81 bits per heavy atom. The smallest absolute Gasteiger partial charge is 0.272 e. The number of amides is 2. The summed E-state index contributed by atoms with van der Waals surface area (Å²) >= 11 is 0. The van der Waals surface area contributed by atoms with Crippen molar-refractivity contribution in [1.29, 1.82) is 0 Å². The maximum atomic E-state index is 13.4. The van der Waals surface area contributed by atoms with E-state index in [2.05, 4.69) is 16.9 Å². The Labute approximate surface area is 209 Å². The highest BCUT2D eigenvalue weighted by Crippen LogP contribution is 2.43. The summed E-state index contributed by atoms with van der Waals surface area (Å²) in [4.78, 5) is 38.4. The number of nitrogens with two attached hydrogens (primary N) is 1. The zero-order chi connectivity index (χ0) is 25.7. The average Bonchev–Trinajstić information content (AvgIpc) is 3.34. The van der Waals surface area contributed by atoms with E-state index >= 15 is 0 Å². The first-order valence-electron chi connectivity index (χ1n) is 11.7. The number of primary sulfonamides is 1. The molecule has 5 rings (SSSR count). The summed E-state index contributed by atoms with van der Waals surface area (Å²) in [6.07, 6.45) is 1.23. The van der Waals surface area contributed by atoms with Crippen LogP contribution in [0.25, 0.3) is 10.9 Å². The molecule has 4 heterocycles. The molecule has 0 radical (unpaired) electrons. The SMILES string of the molecule is CCOc1cc(C(=O)N2C[C@@H]3CN(C(=O)c4ccc(S(N)(=O)=O)nc4)C[C@@]3(C)C2)nc2ccccc12. The van der Waals surface area contributed by atoms with E-state index in [9.17, 15) is 18.0 Å². The number of para-hydroxylation sites is 1. The van der Waals surface area contributed by atoms with Crippen LogP contribution in [0, 0.1) is 11.3 Å². The number of hydrogen-bond acceptors (Lipinski definition) is 7. The minimum absolute atomic E-state index is 0.105. The number of hydrogen-bond donors (Lipinski definition) is 1. The Hall–Kier alpha value is -3.57. The highest BCUT2D eigenvalue weighted by molar-refractivity contribution is 7.89. The molecule has 2 saturated heterocycles. The number of benzene rings is 1. The lowest BCUT2D eigenvalue weighted by molar-refractivity contribution is 0.0717. The molecule has 0 aliphatic carbocycles. The second-order valence-electron chi connectivity index (χ2n) is 9.61. The number of ether oxygens (including phenoxy) is 1. The first kappa shape index (κ1) is 24.1.